The standard InChI is InChI=1S/C14H14ClN3O2/c1-9-5-6-12(13(16)18-19)14(17-9)20-8-10-3-2-4-11(15)7-10/h2-7,19H,8H2,1H3,(H2,16,18). The van der Waals surface area contributed by atoms with Gasteiger partial charge in [0.15, 0.2) is 5.84 Å². The number of pyridine rings is 1. The third-order valence-corrected chi connectivity index (χ3v) is 2.88. The number of nitrogens with zero attached hydrogens (tertiary/aromatic N) is 2. The summed E-state index contributed by atoms with van der Waals surface area (Å²) in [4.78, 5) is 4.25. The van der Waals surface area contributed by atoms with Crippen LogP contribution < -0.4 is 10.5 Å². The highest BCUT2D eigenvalue weighted by atomic mass is 35.5. The van der Waals surface area contributed by atoms with Gasteiger partial charge in [-0.3, -0.25) is 0 Å². The van der Waals surface area contributed by atoms with Crippen LogP contribution in [0.5, 0.6) is 5.88 Å². The molecule has 20 heavy (non-hydrogen) atoms. The Morgan fingerprint density at radius 2 is 2.20 bits per heavy atom. The zero-order chi connectivity index (χ0) is 14.5. The Morgan fingerprint density at radius 1 is 1.40 bits per heavy atom. The molecule has 1 heterocycles. The zero-order valence-electron chi connectivity index (χ0n) is 10.9. The van der Waals surface area contributed by atoms with E-state index >= 15 is 0 Å². The van der Waals surface area contributed by atoms with Gasteiger partial charge in [-0.2, -0.15) is 0 Å². The van der Waals surface area contributed by atoms with Crippen molar-refractivity contribution in [3.8, 4) is 5.88 Å². The van der Waals surface area contributed by atoms with E-state index in [-0.39, 0.29) is 5.84 Å². The molecule has 0 fully saturated rings. The molecule has 104 valence electrons. The van der Waals surface area contributed by atoms with Gasteiger partial charge in [-0.05, 0) is 36.8 Å². The van der Waals surface area contributed by atoms with Gasteiger partial charge in [-0.15, -0.1) is 0 Å². The number of aromatic nitrogens is 1. The summed E-state index contributed by atoms with van der Waals surface area (Å²) in [7, 11) is 0. The molecule has 0 atom stereocenters. The Hall–Kier alpha value is -2.27. The third-order valence-electron chi connectivity index (χ3n) is 2.65. The number of aryl methyl sites for hydroxylation is 1. The molecule has 0 aliphatic heterocycles. The number of oxime groups is 1. The molecule has 2 rings (SSSR count). The van der Waals surface area contributed by atoms with Crippen LogP contribution in [0, 0.1) is 6.92 Å². The van der Waals surface area contributed by atoms with Crippen molar-refractivity contribution in [2.75, 3.05) is 0 Å². The lowest BCUT2D eigenvalue weighted by Crippen LogP contribution is -2.16. The molecule has 0 spiro atoms. The number of nitrogens with two attached hydrogens (primary N) is 1. The number of rotatable bonds is 4. The summed E-state index contributed by atoms with van der Waals surface area (Å²) < 4.78 is 5.64. The maximum atomic E-state index is 8.77. The average Bonchev–Trinajstić information content (AvgIpc) is 2.44. The predicted octanol–water partition coefficient (Wildman–Crippen LogP) is 2.72. The zero-order valence-corrected chi connectivity index (χ0v) is 11.6. The fraction of sp³-hybridized carbons (Fsp3) is 0.143. The van der Waals surface area contributed by atoms with Crippen molar-refractivity contribution >= 4 is 17.4 Å². The number of halogens is 1. The molecule has 0 saturated heterocycles. The van der Waals surface area contributed by atoms with E-state index in [0.717, 1.165) is 11.3 Å². The Labute approximate surface area is 121 Å². The summed E-state index contributed by atoms with van der Waals surface area (Å²) in [5, 5.41) is 12.4. The van der Waals surface area contributed by atoms with Gasteiger partial charge in [0.25, 0.3) is 0 Å². The molecule has 0 aliphatic carbocycles. The van der Waals surface area contributed by atoms with Gasteiger partial charge in [0.2, 0.25) is 5.88 Å². The number of benzene rings is 1. The van der Waals surface area contributed by atoms with Gasteiger partial charge in [0.05, 0.1) is 5.56 Å². The van der Waals surface area contributed by atoms with Gasteiger partial charge in [-0.1, -0.05) is 28.9 Å². The Balaban J connectivity index is 2.22. The minimum absolute atomic E-state index is 0.0430. The van der Waals surface area contributed by atoms with Crippen LogP contribution in [-0.2, 0) is 6.61 Å². The van der Waals surface area contributed by atoms with Crippen molar-refractivity contribution in [1.29, 1.82) is 0 Å². The van der Waals surface area contributed by atoms with E-state index < -0.39 is 0 Å². The molecule has 0 radical (unpaired) electrons. The summed E-state index contributed by atoms with van der Waals surface area (Å²) >= 11 is 5.91. The van der Waals surface area contributed by atoms with Gasteiger partial charge < -0.3 is 15.7 Å². The van der Waals surface area contributed by atoms with Crippen LogP contribution in [0.3, 0.4) is 0 Å². The van der Waals surface area contributed by atoms with E-state index in [1.54, 1.807) is 24.3 Å². The molecule has 0 aliphatic rings. The molecule has 6 heteroatoms. The van der Waals surface area contributed by atoms with E-state index in [4.69, 9.17) is 27.3 Å². The summed E-state index contributed by atoms with van der Waals surface area (Å²) in [5.41, 5.74) is 7.73. The van der Waals surface area contributed by atoms with Gasteiger partial charge in [0.1, 0.15) is 6.61 Å². The number of hydrogen-bond donors (Lipinski definition) is 2. The molecule has 0 amide bonds. The first-order chi connectivity index (χ1) is 9.60. The maximum Gasteiger partial charge on any atom is 0.225 e. The fourth-order valence-electron chi connectivity index (χ4n) is 1.67. The third kappa shape index (κ3) is 3.39. The topological polar surface area (TPSA) is 80.7 Å². The molecule has 1 aromatic heterocycles. The summed E-state index contributed by atoms with van der Waals surface area (Å²) in [6, 6.07) is 10.8. The smallest absolute Gasteiger partial charge is 0.225 e. The van der Waals surface area contributed by atoms with Crippen LogP contribution >= 0.6 is 11.6 Å². The highest BCUT2D eigenvalue weighted by molar-refractivity contribution is 6.30. The van der Waals surface area contributed by atoms with Crippen LogP contribution in [0.2, 0.25) is 5.02 Å². The normalized spacial score (nSPS) is 11.4. The monoisotopic (exact) mass is 291 g/mol. The van der Waals surface area contributed by atoms with Crippen molar-refractivity contribution in [1.82, 2.24) is 4.98 Å². The van der Waals surface area contributed by atoms with Crippen molar-refractivity contribution in [3.63, 3.8) is 0 Å². The highest BCUT2D eigenvalue weighted by Gasteiger charge is 2.10. The molecule has 0 bridgehead atoms. The van der Waals surface area contributed by atoms with E-state index in [1.165, 1.54) is 0 Å². The molecular formula is C14H14ClN3O2. The quantitative estimate of drug-likeness (QED) is 0.393. The molecule has 1 aromatic carbocycles. The van der Waals surface area contributed by atoms with Crippen molar-refractivity contribution in [2.24, 2.45) is 10.9 Å². The van der Waals surface area contributed by atoms with Crippen molar-refractivity contribution in [3.05, 3.63) is 58.2 Å². The minimum Gasteiger partial charge on any atom is -0.472 e. The van der Waals surface area contributed by atoms with E-state index in [9.17, 15) is 0 Å². The number of amidine groups is 1. The minimum atomic E-state index is -0.0430. The Kier molecular flexibility index (Phi) is 4.42. The molecule has 5 nitrogen and oxygen atoms in total. The largest absolute Gasteiger partial charge is 0.472 e. The SMILES string of the molecule is Cc1ccc(C(N)=NO)c(OCc2cccc(Cl)c2)n1. The highest BCUT2D eigenvalue weighted by Crippen LogP contribution is 2.18. The molecular weight excluding hydrogens is 278 g/mol. The lowest BCUT2D eigenvalue weighted by atomic mass is 10.2. The van der Waals surface area contributed by atoms with Crippen LogP contribution in [0.25, 0.3) is 0 Å². The number of hydrogen-bond acceptors (Lipinski definition) is 4. The fourth-order valence-corrected chi connectivity index (χ4v) is 1.88. The summed E-state index contributed by atoms with van der Waals surface area (Å²) in [5.74, 6) is 0.277. The van der Waals surface area contributed by atoms with Crippen LogP contribution in [0.4, 0.5) is 0 Å². The van der Waals surface area contributed by atoms with Crippen LogP contribution in [0.15, 0.2) is 41.6 Å². The van der Waals surface area contributed by atoms with E-state index in [1.807, 2.05) is 19.1 Å². The van der Waals surface area contributed by atoms with Gasteiger partial charge in [0, 0.05) is 10.7 Å². The molecule has 0 saturated carbocycles. The summed E-state index contributed by atoms with van der Waals surface area (Å²) in [6.07, 6.45) is 0. The Morgan fingerprint density at radius 3 is 2.90 bits per heavy atom. The van der Waals surface area contributed by atoms with Crippen molar-refractivity contribution in [2.45, 2.75) is 13.5 Å². The lowest BCUT2D eigenvalue weighted by Gasteiger charge is -2.10. The second-order valence-corrected chi connectivity index (χ2v) is 4.65. The molecule has 3 N–H and O–H groups in total. The molecule has 2 aromatic rings. The predicted molar refractivity (Wildman–Crippen MR) is 77.3 cm³/mol. The van der Waals surface area contributed by atoms with Crippen molar-refractivity contribution < 1.29 is 9.94 Å². The average molecular weight is 292 g/mol. The number of ether oxygens (including phenoxy) is 1. The summed E-state index contributed by atoms with van der Waals surface area (Å²) in [6.45, 7) is 2.13. The van der Waals surface area contributed by atoms with Gasteiger partial charge in [-0.25, -0.2) is 4.98 Å². The molecule has 0 unspecified atom stereocenters. The first-order valence-corrected chi connectivity index (χ1v) is 6.30. The van der Waals surface area contributed by atoms with Crippen LogP contribution in [0.1, 0.15) is 16.8 Å². The van der Waals surface area contributed by atoms with E-state index in [2.05, 4.69) is 10.1 Å². The van der Waals surface area contributed by atoms with Crippen LogP contribution in [-0.4, -0.2) is 16.0 Å². The first-order valence-electron chi connectivity index (χ1n) is 5.93. The first kappa shape index (κ1) is 14.1. The van der Waals surface area contributed by atoms with E-state index in [0.29, 0.717) is 23.1 Å². The maximum absolute atomic E-state index is 8.77. The lowest BCUT2D eigenvalue weighted by molar-refractivity contribution is 0.291. The second kappa shape index (κ2) is 6.25. The second-order valence-electron chi connectivity index (χ2n) is 4.21. The Bertz CT molecular complexity index is 644. The van der Waals surface area contributed by atoms with Gasteiger partial charge >= 0.3 is 0 Å².